The van der Waals surface area contributed by atoms with Gasteiger partial charge in [0.05, 0.1) is 27.6 Å². The van der Waals surface area contributed by atoms with Crippen molar-refractivity contribution < 1.29 is 53.0 Å². The van der Waals surface area contributed by atoms with Crippen molar-refractivity contribution in [3.63, 3.8) is 0 Å². The predicted octanol–water partition coefficient (Wildman–Crippen LogP) is -0.391. The van der Waals surface area contributed by atoms with Crippen LogP contribution < -0.4 is 29.3 Å². The van der Waals surface area contributed by atoms with E-state index in [2.05, 4.69) is 17.6 Å². The Morgan fingerprint density at radius 3 is 2.49 bits per heavy atom. The predicted molar refractivity (Wildman–Crippen MR) is 132 cm³/mol. The molecule has 2 heterocycles. The number of rotatable bonds is 8. The number of benzene rings is 2. The molecular formula is C27H35ClN2O9. The van der Waals surface area contributed by atoms with Crippen molar-refractivity contribution in [3.8, 4) is 5.75 Å². The molecule has 1 fully saturated rings. The Hall–Kier alpha value is -2.77. The highest BCUT2D eigenvalue weighted by atomic mass is 35.7. The summed E-state index contributed by atoms with van der Waals surface area (Å²) in [5.41, 5.74) is 2.10. The van der Waals surface area contributed by atoms with Crippen LogP contribution in [0.1, 0.15) is 54.4 Å². The van der Waals surface area contributed by atoms with Gasteiger partial charge in [0.1, 0.15) is 11.9 Å². The second-order valence-electron chi connectivity index (χ2n) is 9.64. The van der Waals surface area contributed by atoms with E-state index in [-0.39, 0.29) is 36.8 Å². The van der Waals surface area contributed by atoms with Gasteiger partial charge in [0.2, 0.25) is 5.91 Å². The van der Waals surface area contributed by atoms with E-state index < -0.39 is 22.3 Å². The molecule has 11 nitrogen and oxygen atoms in total. The van der Waals surface area contributed by atoms with Crippen LogP contribution in [0.2, 0.25) is 0 Å². The third kappa shape index (κ3) is 8.87. The minimum absolute atomic E-state index is 0.0995. The average molecular weight is 567 g/mol. The highest BCUT2D eigenvalue weighted by Gasteiger charge is 2.41. The fraction of sp³-hybridized carbons (Fsp3) is 0.481. The minimum Gasteiger partial charge on any atom is -0.497 e. The molecule has 0 unspecified atom stereocenters. The summed E-state index contributed by atoms with van der Waals surface area (Å²) in [6.45, 7) is 3.02. The van der Waals surface area contributed by atoms with Gasteiger partial charge in [-0.25, -0.2) is 4.79 Å². The second-order valence-corrected chi connectivity index (χ2v) is 10.4. The number of aliphatic hydroxyl groups excluding tert-OH is 1. The van der Waals surface area contributed by atoms with Gasteiger partial charge >= 0.3 is 5.97 Å². The van der Waals surface area contributed by atoms with Crippen molar-refractivity contribution in [1.29, 1.82) is 0 Å². The lowest BCUT2D eigenvalue weighted by atomic mass is 9.75. The van der Waals surface area contributed by atoms with Crippen LogP contribution in [0.25, 0.3) is 0 Å². The first-order valence-electron chi connectivity index (χ1n) is 12.7. The molecule has 1 saturated heterocycles. The number of amides is 1. The lowest BCUT2D eigenvalue weighted by Crippen LogP contribution is -2.58. The highest BCUT2D eigenvalue weighted by Crippen LogP contribution is 2.41. The number of piperidine rings is 1. The monoisotopic (exact) mass is 566 g/mol. The highest BCUT2D eigenvalue weighted by molar-refractivity contribution is 5.95. The molecule has 0 saturated carbocycles. The zero-order chi connectivity index (χ0) is 28.6. The maximum Gasteiger partial charge on any atom is 0.338 e. The molecule has 5 atom stereocenters. The molecule has 0 aliphatic carbocycles. The smallest absolute Gasteiger partial charge is 0.338 e. The molecule has 214 valence electrons. The summed E-state index contributed by atoms with van der Waals surface area (Å²) in [5, 5.41) is 16.4. The SMILES string of the molecule is CC[C@H](CO)[C@H]1CCN[C@H]([C@@H](OC(=O)c2ccccc2)[C@H]2CC(=O)Nc3ccc(OC)cc32)C1.[O-][Cl+3]([O-])([O-])O. The van der Waals surface area contributed by atoms with E-state index in [0.29, 0.717) is 17.2 Å². The van der Waals surface area contributed by atoms with Gasteiger partial charge in [-0.05, 0) is 67.1 Å². The molecule has 2 aromatic carbocycles. The summed E-state index contributed by atoms with van der Waals surface area (Å²) >= 11 is 0. The molecule has 2 aliphatic heterocycles. The molecule has 4 rings (SSSR count). The Morgan fingerprint density at radius 1 is 1.18 bits per heavy atom. The van der Waals surface area contributed by atoms with Gasteiger partial charge in [0.25, 0.3) is 0 Å². The van der Waals surface area contributed by atoms with Crippen LogP contribution in [0.4, 0.5) is 5.69 Å². The number of esters is 1. The van der Waals surface area contributed by atoms with Crippen molar-refractivity contribution in [1.82, 2.24) is 5.32 Å². The number of ether oxygens (including phenoxy) is 2. The molecular weight excluding hydrogens is 532 g/mol. The van der Waals surface area contributed by atoms with E-state index in [4.69, 9.17) is 28.1 Å². The standard InChI is InChI=1S/C27H34N2O5.ClHO4/c1-3-17(16-30)19-11-12-28-24(13-19)26(34-27(32)18-7-5-4-6-8-18)22-15-25(31)29-23-10-9-20(33-2)14-21(22)23;2-1(3,4)5/h4-10,14,17,19,22,24,26,28,30H,3,11-13,15-16H2,1-2H3,(H,29,31);(H,2,3,4,5)/t17-,19+,22+,24+,26+;/m1./s1. The number of hydrogen-bond donors (Lipinski definition) is 4. The van der Waals surface area contributed by atoms with Crippen molar-refractivity contribution in [3.05, 3.63) is 59.7 Å². The normalized spacial score (nSPS) is 22.3. The van der Waals surface area contributed by atoms with Crippen molar-refractivity contribution in [2.45, 2.75) is 50.7 Å². The Bertz CT molecular complexity index is 1090. The summed E-state index contributed by atoms with van der Waals surface area (Å²) in [7, 11) is -3.09. The van der Waals surface area contributed by atoms with E-state index in [0.717, 1.165) is 37.1 Å². The van der Waals surface area contributed by atoms with Crippen LogP contribution in [-0.4, -0.2) is 54.0 Å². The Kier molecular flexibility index (Phi) is 11.1. The number of methoxy groups -OCH3 is 1. The topological polar surface area (TPSA) is 186 Å². The number of carbonyl (C=O) groups excluding carboxylic acids is 2. The number of anilines is 1. The summed E-state index contributed by atoms with van der Waals surface area (Å²) in [6.07, 6.45) is 2.29. The van der Waals surface area contributed by atoms with Gasteiger partial charge in [-0.2, -0.15) is 14.0 Å². The fourth-order valence-corrected chi connectivity index (χ4v) is 5.37. The Morgan fingerprint density at radius 2 is 1.87 bits per heavy atom. The van der Waals surface area contributed by atoms with E-state index in [1.54, 1.807) is 19.2 Å². The zero-order valence-electron chi connectivity index (χ0n) is 21.9. The Labute approximate surface area is 229 Å². The van der Waals surface area contributed by atoms with Gasteiger partial charge in [0, 0.05) is 30.7 Å². The van der Waals surface area contributed by atoms with Crippen LogP contribution >= 0.6 is 0 Å². The van der Waals surface area contributed by atoms with Crippen LogP contribution in [0.15, 0.2) is 48.5 Å². The van der Waals surface area contributed by atoms with Crippen LogP contribution in [0.3, 0.4) is 0 Å². The summed E-state index contributed by atoms with van der Waals surface area (Å²) in [4.78, 5) is 25.8. The number of halogens is 1. The number of nitrogens with one attached hydrogen (secondary N) is 2. The maximum absolute atomic E-state index is 13.2. The Balaban J connectivity index is 0.000000771. The number of fused-ring (bicyclic) bond motifs is 1. The molecule has 0 aromatic heterocycles. The van der Waals surface area contributed by atoms with Crippen molar-refractivity contribution in [2.75, 3.05) is 25.6 Å². The van der Waals surface area contributed by atoms with E-state index in [1.165, 1.54) is 0 Å². The summed E-state index contributed by atoms with van der Waals surface area (Å²) < 4.78 is 44.4. The first-order valence-corrected chi connectivity index (χ1v) is 14.0. The van der Waals surface area contributed by atoms with Gasteiger partial charge < -0.3 is 25.2 Å². The van der Waals surface area contributed by atoms with Gasteiger partial charge in [-0.1, -0.05) is 31.5 Å². The van der Waals surface area contributed by atoms with Crippen molar-refractivity contribution in [2.24, 2.45) is 11.8 Å². The van der Waals surface area contributed by atoms with Gasteiger partial charge in [-0.15, -0.1) is 0 Å². The van der Waals surface area contributed by atoms with Crippen LogP contribution in [0.5, 0.6) is 5.75 Å². The second kappa shape index (κ2) is 14.0. The minimum atomic E-state index is -4.69. The quantitative estimate of drug-likeness (QED) is 0.306. The molecule has 1 amide bonds. The number of hydrogen-bond acceptors (Lipinski definition) is 10. The fourth-order valence-electron chi connectivity index (χ4n) is 5.37. The molecule has 0 bridgehead atoms. The summed E-state index contributed by atoms with van der Waals surface area (Å²) in [5.74, 6) is 0.390. The maximum atomic E-state index is 13.2. The largest absolute Gasteiger partial charge is 0.497 e. The first kappa shape index (κ1) is 30.8. The summed E-state index contributed by atoms with van der Waals surface area (Å²) in [6, 6.07) is 14.4. The van der Waals surface area contributed by atoms with E-state index in [1.807, 2.05) is 36.4 Å². The first-order chi connectivity index (χ1) is 18.5. The zero-order valence-corrected chi connectivity index (χ0v) is 22.6. The van der Waals surface area contributed by atoms with Crippen molar-refractivity contribution >= 4 is 17.6 Å². The van der Waals surface area contributed by atoms with Crippen LogP contribution in [0, 0.1) is 22.1 Å². The number of aliphatic hydroxyl groups is 1. The third-order valence-corrected chi connectivity index (χ3v) is 7.29. The van der Waals surface area contributed by atoms with Gasteiger partial charge in [-0.3, -0.25) is 4.79 Å². The average Bonchev–Trinajstić information content (AvgIpc) is 2.91. The molecule has 2 aliphatic rings. The van der Waals surface area contributed by atoms with Gasteiger partial charge in [0.15, 0.2) is 0 Å². The molecule has 2 aromatic rings. The van der Waals surface area contributed by atoms with E-state index in [9.17, 15) is 14.7 Å². The molecule has 39 heavy (non-hydrogen) atoms. The lowest BCUT2D eigenvalue weighted by Gasteiger charge is -2.41. The van der Waals surface area contributed by atoms with Crippen LogP contribution in [-0.2, 0) is 9.53 Å². The lowest BCUT2D eigenvalue weighted by molar-refractivity contribution is -1.92. The third-order valence-electron chi connectivity index (χ3n) is 7.29. The molecule has 12 heteroatoms. The number of carbonyl (C=O) groups is 2. The molecule has 0 spiro atoms. The van der Waals surface area contributed by atoms with E-state index >= 15 is 0 Å². The molecule has 4 N–H and O–H groups in total. The molecule has 0 radical (unpaired) electrons.